The molecule has 1 unspecified atom stereocenters. The average Bonchev–Trinajstić information content (AvgIpc) is 3.30. The molecule has 0 aromatic heterocycles. The van der Waals surface area contributed by atoms with Gasteiger partial charge in [0.05, 0.1) is 6.61 Å². The minimum atomic E-state index is -0.606. The van der Waals surface area contributed by atoms with Crippen molar-refractivity contribution in [3.63, 3.8) is 0 Å². The summed E-state index contributed by atoms with van der Waals surface area (Å²) >= 11 is 0. The molecule has 0 aliphatic carbocycles. The van der Waals surface area contributed by atoms with Crippen LogP contribution in [0.2, 0.25) is 0 Å². The molecule has 0 radical (unpaired) electrons. The molecular weight excluding hydrogens is 789 g/mol. The number of esters is 2. The fraction of sp³-hybridized carbons (Fsp3) is 0.593. The zero-order chi connectivity index (χ0) is 46.3. The van der Waals surface area contributed by atoms with Crippen LogP contribution in [0.3, 0.4) is 0 Å². The topological polar surface area (TPSA) is 61.8 Å². The predicted octanol–water partition coefficient (Wildman–Crippen LogP) is 17.6. The quantitative estimate of drug-likeness (QED) is 0.0346. The van der Waals surface area contributed by atoms with Gasteiger partial charge >= 0.3 is 11.9 Å². The first-order chi connectivity index (χ1) is 31.6. The van der Waals surface area contributed by atoms with Gasteiger partial charge in [-0.05, 0) is 122 Å². The van der Waals surface area contributed by atoms with Crippen LogP contribution in [0.4, 0.5) is 0 Å². The van der Waals surface area contributed by atoms with Gasteiger partial charge in [-0.1, -0.05) is 199 Å². The van der Waals surface area contributed by atoms with Crippen LogP contribution in [0.15, 0.2) is 134 Å². The third-order valence-corrected chi connectivity index (χ3v) is 10.2. The van der Waals surface area contributed by atoms with Crippen LogP contribution < -0.4 is 0 Å². The largest absolute Gasteiger partial charge is 0.462 e. The van der Waals surface area contributed by atoms with Crippen molar-refractivity contribution in [1.82, 2.24) is 0 Å². The highest BCUT2D eigenvalue weighted by Crippen LogP contribution is 2.11. The predicted molar refractivity (Wildman–Crippen MR) is 278 cm³/mol. The van der Waals surface area contributed by atoms with Gasteiger partial charge in [0.15, 0.2) is 6.10 Å². The summed E-state index contributed by atoms with van der Waals surface area (Å²) in [5, 5.41) is 0. The number of carbonyl (C=O) groups excluding carboxylic acids is 2. The standard InChI is InChI=1S/C59H94O5/c1-4-7-10-13-16-19-22-25-27-29-30-31-32-35-37-40-43-46-49-52-58(60)63-56-57(64-59(61)53-50-47-44-41-38-34-24-21-18-15-12-9-6-3)55-62-54-51-48-45-42-39-36-33-28-26-23-20-17-14-11-8-5-2/h8-9,11-12,16-21,25-28,30-31,34,36,38-39,44,47,57H,4-7,10,13-15,22-24,29,32-33,35,37,40-43,45-46,48-56H2,1-3H3/b11-8-,12-9-,19-16-,20-17-,21-18-,27-25-,28-26-,31-30-,38-34-,39-36-,47-44-. The van der Waals surface area contributed by atoms with Gasteiger partial charge in [0, 0.05) is 19.4 Å². The van der Waals surface area contributed by atoms with E-state index < -0.39 is 6.10 Å². The van der Waals surface area contributed by atoms with Crippen molar-refractivity contribution in [2.45, 2.75) is 207 Å². The maximum atomic E-state index is 12.7. The van der Waals surface area contributed by atoms with Crippen LogP contribution in [0.25, 0.3) is 0 Å². The van der Waals surface area contributed by atoms with E-state index in [1.54, 1.807) is 0 Å². The zero-order valence-electron chi connectivity index (χ0n) is 41.2. The van der Waals surface area contributed by atoms with Crippen LogP contribution in [0.5, 0.6) is 0 Å². The molecule has 64 heavy (non-hydrogen) atoms. The normalized spacial score (nSPS) is 13.4. The lowest BCUT2D eigenvalue weighted by Gasteiger charge is -2.18. The van der Waals surface area contributed by atoms with Crippen LogP contribution in [0.1, 0.15) is 201 Å². The van der Waals surface area contributed by atoms with E-state index in [4.69, 9.17) is 14.2 Å². The van der Waals surface area contributed by atoms with Crippen molar-refractivity contribution in [3.8, 4) is 0 Å². The molecule has 0 amide bonds. The number of rotatable bonds is 45. The van der Waals surface area contributed by atoms with E-state index in [0.717, 1.165) is 116 Å². The van der Waals surface area contributed by atoms with E-state index in [2.05, 4.69) is 148 Å². The van der Waals surface area contributed by atoms with Crippen molar-refractivity contribution in [3.05, 3.63) is 134 Å². The molecule has 5 nitrogen and oxygen atoms in total. The lowest BCUT2D eigenvalue weighted by molar-refractivity contribution is -0.162. The second kappa shape index (κ2) is 53.4. The number of hydrogen-bond donors (Lipinski definition) is 0. The van der Waals surface area contributed by atoms with Gasteiger partial charge in [0.1, 0.15) is 6.61 Å². The Balaban J connectivity index is 4.44. The van der Waals surface area contributed by atoms with Crippen molar-refractivity contribution >= 4 is 11.9 Å². The maximum Gasteiger partial charge on any atom is 0.306 e. The minimum Gasteiger partial charge on any atom is -0.462 e. The third kappa shape index (κ3) is 50.7. The van der Waals surface area contributed by atoms with Crippen LogP contribution >= 0.6 is 0 Å². The third-order valence-electron chi connectivity index (χ3n) is 10.2. The molecular formula is C59H94O5. The van der Waals surface area contributed by atoms with E-state index in [1.807, 2.05) is 6.08 Å². The highest BCUT2D eigenvalue weighted by atomic mass is 16.6. The summed E-state index contributed by atoms with van der Waals surface area (Å²) in [6, 6.07) is 0. The summed E-state index contributed by atoms with van der Waals surface area (Å²) in [4.78, 5) is 25.4. The molecule has 0 aromatic rings. The Morgan fingerprint density at radius 1 is 0.359 bits per heavy atom. The van der Waals surface area contributed by atoms with Gasteiger partial charge in [0.25, 0.3) is 0 Å². The molecule has 0 aromatic carbocycles. The lowest BCUT2D eigenvalue weighted by atomic mass is 10.1. The van der Waals surface area contributed by atoms with Gasteiger partial charge in [-0.3, -0.25) is 9.59 Å². The van der Waals surface area contributed by atoms with Crippen molar-refractivity contribution in [1.29, 1.82) is 0 Å². The molecule has 0 heterocycles. The minimum absolute atomic E-state index is 0.0276. The van der Waals surface area contributed by atoms with E-state index in [1.165, 1.54) is 44.9 Å². The second-order valence-corrected chi connectivity index (χ2v) is 16.3. The van der Waals surface area contributed by atoms with E-state index in [9.17, 15) is 9.59 Å². The van der Waals surface area contributed by atoms with E-state index >= 15 is 0 Å². The molecule has 0 rings (SSSR count). The van der Waals surface area contributed by atoms with Crippen molar-refractivity contribution in [2.75, 3.05) is 19.8 Å². The second-order valence-electron chi connectivity index (χ2n) is 16.3. The number of ether oxygens (including phenoxy) is 3. The summed E-state index contributed by atoms with van der Waals surface area (Å²) in [6.07, 6.45) is 76.2. The Morgan fingerprint density at radius 2 is 0.734 bits per heavy atom. The molecule has 0 aliphatic heterocycles. The highest BCUT2D eigenvalue weighted by molar-refractivity contribution is 5.70. The average molecular weight is 883 g/mol. The van der Waals surface area contributed by atoms with E-state index in [0.29, 0.717) is 19.4 Å². The Labute approximate surface area is 394 Å². The fourth-order valence-electron chi connectivity index (χ4n) is 6.40. The summed E-state index contributed by atoms with van der Waals surface area (Å²) in [6.45, 7) is 7.38. The Bertz CT molecular complexity index is 1370. The number of unbranched alkanes of at least 4 members (excludes halogenated alkanes) is 12. The molecule has 0 N–H and O–H groups in total. The molecule has 0 bridgehead atoms. The lowest BCUT2D eigenvalue weighted by Crippen LogP contribution is -2.30. The van der Waals surface area contributed by atoms with Gasteiger partial charge < -0.3 is 14.2 Å². The first kappa shape index (κ1) is 60.0. The first-order valence-corrected chi connectivity index (χ1v) is 25.7. The monoisotopic (exact) mass is 883 g/mol. The Morgan fingerprint density at radius 3 is 1.19 bits per heavy atom. The van der Waals surface area contributed by atoms with Crippen LogP contribution in [-0.4, -0.2) is 37.9 Å². The molecule has 0 saturated carbocycles. The Hall–Kier alpha value is -3.96. The van der Waals surface area contributed by atoms with Gasteiger partial charge in [-0.15, -0.1) is 0 Å². The fourth-order valence-corrected chi connectivity index (χ4v) is 6.40. The summed E-state index contributed by atoms with van der Waals surface area (Å²) in [7, 11) is 0. The molecule has 0 spiro atoms. The molecule has 0 saturated heterocycles. The molecule has 5 heteroatoms. The Kier molecular flexibility index (Phi) is 50.1. The highest BCUT2D eigenvalue weighted by Gasteiger charge is 2.17. The SMILES string of the molecule is CC/C=C\C/C=C\C/C=C\C/C=C\CCCCCOCC(COC(=O)CCCCCCCC/C=C\C/C=C\C/C=C\CCCCC)OC(=O)CC/C=C\C/C=C\C/C=C\C/C=C\CC. The van der Waals surface area contributed by atoms with Gasteiger partial charge in [0.2, 0.25) is 0 Å². The van der Waals surface area contributed by atoms with Gasteiger partial charge in [-0.2, -0.15) is 0 Å². The maximum absolute atomic E-state index is 12.7. The zero-order valence-corrected chi connectivity index (χ0v) is 41.2. The first-order valence-electron chi connectivity index (χ1n) is 25.7. The van der Waals surface area contributed by atoms with Crippen molar-refractivity contribution < 1.29 is 23.8 Å². The van der Waals surface area contributed by atoms with Crippen LogP contribution in [0, 0.1) is 0 Å². The summed E-state index contributed by atoms with van der Waals surface area (Å²) < 4.78 is 17.3. The number of carbonyl (C=O) groups is 2. The number of allylic oxidation sites excluding steroid dienone is 22. The smallest absolute Gasteiger partial charge is 0.306 e. The molecule has 0 aliphatic rings. The molecule has 1 atom stereocenters. The van der Waals surface area contributed by atoms with Crippen molar-refractivity contribution in [2.24, 2.45) is 0 Å². The van der Waals surface area contributed by atoms with E-state index in [-0.39, 0.29) is 31.6 Å². The summed E-state index contributed by atoms with van der Waals surface area (Å²) in [5.74, 6) is -0.535. The van der Waals surface area contributed by atoms with Crippen LogP contribution in [-0.2, 0) is 23.8 Å². The molecule has 0 fully saturated rings. The summed E-state index contributed by atoms with van der Waals surface area (Å²) in [5.41, 5.74) is 0. The number of hydrogen-bond acceptors (Lipinski definition) is 5. The van der Waals surface area contributed by atoms with Gasteiger partial charge in [-0.25, -0.2) is 0 Å². The molecule has 360 valence electrons.